The molecule has 4 bridgehead atoms. The molecule has 3 aliphatic heterocycles. The molecule has 0 unspecified atom stereocenters. The number of ketones is 2. The van der Waals surface area contributed by atoms with Gasteiger partial charge in [-0.3, -0.25) is 9.59 Å². The number of phenolic OH excluding ortho intramolecular Hbond substituents is 1. The minimum Gasteiger partial charge on any atom is -0.504 e. The quantitative estimate of drug-likeness (QED) is 0.178. The zero-order chi connectivity index (χ0) is 32.7. The maximum absolute atomic E-state index is 13.0. The molecule has 0 amide bonds. The second kappa shape index (κ2) is 13.1. The lowest BCUT2D eigenvalue weighted by Crippen LogP contribution is -2.55. The van der Waals surface area contributed by atoms with Crippen molar-refractivity contribution < 1.29 is 19.4 Å². The van der Waals surface area contributed by atoms with Gasteiger partial charge in [0.15, 0.2) is 17.3 Å². The Hall–Kier alpha value is -3.63. The van der Waals surface area contributed by atoms with Crippen LogP contribution in [0.3, 0.4) is 0 Å². The second-order valence-corrected chi connectivity index (χ2v) is 15.8. The first-order valence-electron chi connectivity index (χ1n) is 16.6. The maximum atomic E-state index is 13.0. The van der Waals surface area contributed by atoms with E-state index in [2.05, 4.69) is 53.7 Å². The fraction of sp³-hybridized carbons (Fsp3) is 0.432. The van der Waals surface area contributed by atoms with E-state index in [4.69, 9.17) is 15.5 Å². The summed E-state index contributed by atoms with van der Waals surface area (Å²) in [6, 6.07) is 5.71. The van der Waals surface area contributed by atoms with Crippen molar-refractivity contribution in [2.75, 3.05) is 19.5 Å². The van der Waals surface area contributed by atoms with Gasteiger partial charge < -0.3 is 25.8 Å². The number of rotatable bonds is 3. The van der Waals surface area contributed by atoms with Gasteiger partial charge in [-0.05, 0) is 72.2 Å². The van der Waals surface area contributed by atoms with Crippen LogP contribution in [0.2, 0.25) is 0 Å². The molecule has 6 atom stereocenters. The number of pyridine rings is 1. The molecule has 10 heteroatoms. The number of hydrogen-bond acceptors (Lipinski definition) is 10. The number of nitrogens with two attached hydrogens (primary N) is 1. The van der Waals surface area contributed by atoms with E-state index >= 15 is 0 Å². The fourth-order valence-corrected chi connectivity index (χ4v) is 12.2. The Morgan fingerprint density at radius 2 is 1.98 bits per heavy atom. The monoisotopic (exact) mass is 670 g/mol. The average Bonchev–Trinajstić information content (AvgIpc) is 3.73. The van der Waals surface area contributed by atoms with E-state index in [1.165, 1.54) is 18.9 Å². The number of nitrogen functional groups attached to an aromatic ring is 1. The Morgan fingerprint density at radius 1 is 1.11 bits per heavy atom. The van der Waals surface area contributed by atoms with Gasteiger partial charge in [0.1, 0.15) is 11.6 Å². The van der Waals surface area contributed by atoms with E-state index < -0.39 is 0 Å². The van der Waals surface area contributed by atoms with Crippen LogP contribution < -0.4 is 15.8 Å². The minimum atomic E-state index is -0.283. The Kier molecular flexibility index (Phi) is 8.91. The van der Waals surface area contributed by atoms with Crippen LogP contribution in [0.1, 0.15) is 85.3 Å². The number of carbonyl (C=O) groups excluding carboxylic acids is 2. The van der Waals surface area contributed by atoms with E-state index in [1.807, 2.05) is 27.8 Å². The predicted molar refractivity (Wildman–Crippen MR) is 190 cm³/mol. The average molecular weight is 671 g/mol. The van der Waals surface area contributed by atoms with Crippen LogP contribution in [0.25, 0.3) is 6.08 Å². The van der Waals surface area contributed by atoms with Gasteiger partial charge in [0, 0.05) is 41.5 Å². The lowest BCUT2D eigenvalue weighted by molar-refractivity contribution is -0.124. The third kappa shape index (κ3) is 5.77. The van der Waals surface area contributed by atoms with E-state index in [0.717, 1.165) is 54.6 Å². The molecule has 246 valence electrons. The second-order valence-electron chi connectivity index (χ2n) is 13.2. The molecule has 2 aliphatic carbocycles. The highest BCUT2D eigenvalue weighted by molar-refractivity contribution is 8.77. The summed E-state index contributed by atoms with van der Waals surface area (Å²) in [7, 11) is 5.29. The molecular formula is C37H42N4O4S2. The molecule has 7 rings (SSSR count). The highest BCUT2D eigenvalue weighted by atomic mass is 33.1. The molecule has 47 heavy (non-hydrogen) atoms. The number of allylic oxidation sites excluding steroid dienone is 3. The molecule has 8 nitrogen and oxygen atoms in total. The molecule has 4 N–H and O–H groups in total. The van der Waals surface area contributed by atoms with Crippen LogP contribution in [-0.4, -0.2) is 51.1 Å². The van der Waals surface area contributed by atoms with Gasteiger partial charge in [-0.2, -0.15) is 0 Å². The van der Waals surface area contributed by atoms with Gasteiger partial charge in [0.2, 0.25) is 0 Å². The number of benzene rings is 1. The van der Waals surface area contributed by atoms with Crippen molar-refractivity contribution in [2.24, 2.45) is 11.8 Å². The number of anilines is 1. The zero-order valence-corrected chi connectivity index (χ0v) is 28.5. The molecule has 1 aromatic carbocycles. The van der Waals surface area contributed by atoms with Gasteiger partial charge in [-0.25, -0.2) is 4.98 Å². The molecule has 1 fully saturated rings. The van der Waals surface area contributed by atoms with Crippen molar-refractivity contribution >= 4 is 45.0 Å². The first-order valence-corrected chi connectivity index (χ1v) is 18.9. The van der Waals surface area contributed by atoms with Crippen LogP contribution in [0.4, 0.5) is 5.82 Å². The van der Waals surface area contributed by atoms with Gasteiger partial charge in [-0.1, -0.05) is 65.7 Å². The smallest absolute Gasteiger partial charge is 0.163 e. The number of nitrogens with zero attached hydrogens (tertiary/aromatic N) is 2. The topological polar surface area (TPSA) is 118 Å². The summed E-state index contributed by atoms with van der Waals surface area (Å²) in [5, 5.41) is 14.6. The summed E-state index contributed by atoms with van der Waals surface area (Å²) < 4.78 is 5.47. The first kappa shape index (κ1) is 31.9. The Bertz CT molecular complexity index is 1700. The van der Waals surface area contributed by atoms with Gasteiger partial charge in [0.25, 0.3) is 0 Å². The standard InChI is InChI=1S/C37H42N4O4S2/c1-3-22-6-10-27(42)17-28(43)11-7-23-16-33(45-2)32(44)18-30(23)29-12-13-34(22)46-47-35(31-15-24(29)19-40-36(31)38)37-14-4-5-25(37)8-9-26-20-39-21-41(26)37/h7-9,11-13,15-16,18-20,22,25,29,34-35,39,44H,3-6,10,14,17,21H2,1-2H3,(H2,38,40)/b11-7+,13-12-/t22-,25+,29+,34+,35+,37+/m0/s1. The van der Waals surface area contributed by atoms with Crippen molar-refractivity contribution in [3.8, 4) is 11.5 Å². The number of aromatic hydroxyl groups is 1. The van der Waals surface area contributed by atoms with Crippen LogP contribution >= 0.6 is 21.6 Å². The summed E-state index contributed by atoms with van der Waals surface area (Å²) in [6.07, 6.45) is 21.5. The number of fused-ring (bicyclic) bond motifs is 10. The first-order chi connectivity index (χ1) is 22.8. The molecule has 0 saturated heterocycles. The molecule has 2 aromatic rings. The van der Waals surface area contributed by atoms with Crippen molar-refractivity contribution in [3.63, 3.8) is 0 Å². The van der Waals surface area contributed by atoms with Gasteiger partial charge in [0.05, 0.1) is 36.7 Å². The van der Waals surface area contributed by atoms with Crippen molar-refractivity contribution in [2.45, 2.75) is 73.8 Å². The molecule has 1 aromatic heterocycles. The van der Waals surface area contributed by atoms with Gasteiger partial charge in [-0.15, -0.1) is 0 Å². The van der Waals surface area contributed by atoms with E-state index in [1.54, 1.807) is 18.2 Å². The third-order valence-electron chi connectivity index (χ3n) is 10.7. The lowest BCUT2D eigenvalue weighted by atomic mass is 9.76. The number of Topliss-reactive ketones (excluding diaryl/α,β-unsaturated/α-hetero) is 1. The number of phenols is 1. The summed E-state index contributed by atoms with van der Waals surface area (Å²) in [5.41, 5.74) is 11.4. The molecule has 4 heterocycles. The number of aromatic nitrogens is 1. The third-order valence-corrected chi connectivity index (χ3v) is 14.0. The van der Waals surface area contributed by atoms with Crippen LogP contribution in [-0.2, 0) is 9.59 Å². The number of carbonyl (C=O) groups is 2. The van der Waals surface area contributed by atoms with E-state index in [9.17, 15) is 14.7 Å². The molecule has 1 saturated carbocycles. The molecular weight excluding hydrogens is 629 g/mol. The van der Waals surface area contributed by atoms with E-state index in [-0.39, 0.29) is 51.6 Å². The number of methoxy groups -OCH3 is 1. The molecule has 0 spiro atoms. The maximum Gasteiger partial charge on any atom is 0.163 e. The SMILES string of the molecule is CC[C@H]1CCC(=O)CC(=O)/C=C/c2cc(OC)c(O)cc2[C@@H]2/C=C\[C@H]1SS[C@@H]([C@@]13CCC[C@@H]1C=CC1=CNCN13)c1cc2cnc1N. The van der Waals surface area contributed by atoms with E-state index in [0.29, 0.717) is 30.3 Å². The van der Waals surface area contributed by atoms with Crippen LogP contribution in [0.15, 0.2) is 66.7 Å². The Labute approximate surface area is 284 Å². The Morgan fingerprint density at radius 3 is 2.81 bits per heavy atom. The van der Waals surface area contributed by atoms with Crippen LogP contribution in [0.5, 0.6) is 11.5 Å². The highest BCUT2D eigenvalue weighted by Crippen LogP contribution is 2.61. The summed E-state index contributed by atoms with van der Waals surface area (Å²) in [6.45, 7) is 2.95. The molecule has 0 radical (unpaired) electrons. The number of hydrogen-bond donors (Lipinski definition) is 3. The number of nitrogens with one attached hydrogen (secondary N) is 1. The van der Waals surface area contributed by atoms with Crippen molar-refractivity contribution in [3.05, 3.63) is 88.9 Å². The van der Waals surface area contributed by atoms with Crippen molar-refractivity contribution in [1.82, 2.24) is 15.2 Å². The molecule has 5 aliphatic rings. The Balaban J connectivity index is 1.44. The lowest BCUT2D eigenvalue weighted by Gasteiger charge is -2.51. The zero-order valence-electron chi connectivity index (χ0n) is 26.9. The largest absolute Gasteiger partial charge is 0.504 e. The van der Waals surface area contributed by atoms with Crippen LogP contribution in [0, 0.1) is 11.8 Å². The fourth-order valence-electron chi connectivity index (χ4n) is 8.20. The number of ether oxygens (including phenoxy) is 1. The van der Waals surface area contributed by atoms with Gasteiger partial charge >= 0.3 is 0 Å². The normalized spacial score (nSPS) is 31.6. The minimum absolute atomic E-state index is 0.0183. The summed E-state index contributed by atoms with van der Waals surface area (Å²) >= 11 is 0. The predicted octanol–water partition coefficient (Wildman–Crippen LogP) is 7.05. The van der Waals surface area contributed by atoms with Crippen molar-refractivity contribution in [1.29, 1.82) is 0 Å². The summed E-state index contributed by atoms with van der Waals surface area (Å²) in [4.78, 5) is 33.3. The highest BCUT2D eigenvalue weighted by Gasteiger charge is 2.56. The summed E-state index contributed by atoms with van der Waals surface area (Å²) in [5.74, 6) is 0.920.